The van der Waals surface area contributed by atoms with E-state index in [1.165, 1.54) is 0 Å². The van der Waals surface area contributed by atoms with Crippen molar-refractivity contribution in [2.45, 2.75) is 20.3 Å². The Morgan fingerprint density at radius 2 is 1.85 bits per heavy atom. The van der Waals surface area contributed by atoms with Crippen LogP contribution in [0.15, 0.2) is 59.2 Å². The lowest BCUT2D eigenvalue weighted by atomic mass is 10.1. The molecule has 0 N–H and O–H groups in total. The summed E-state index contributed by atoms with van der Waals surface area (Å²) in [6.07, 6.45) is 2.60. The molecule has 2 aromatic carbocycles. The number of carbonyl (C=O) groups is 1. The van der Waals surface area contributed by atoms with Crippen molar-refractivity contribution in [2.24, 2.45) is 4.99 Å². The molecule has 0 unspecified atom stereocenters. The van der Waals surface area contributed by atoms with E-state index in [0.29, 0.717) is 30.6 Å². The fraction of sp³-hybridized carbons (Fsp3) is 0.238. The van der Waals surface area contributed by atoms with E-state index in [4.69, 9.17) is 14.2 Å². The first-order valence-corrected chi connectivity index (χ1v) is 8.69. The van der Waals surface area contributed by atoms with Crippen molar-refractivity contribution in [2.75, 3.05) is 13.2 Å². The molecule has 0 saturated carbocycles. The van der Waals surface area contributed by atoms with Gasteiger partial charge in [0, 0.05) is 5.56 Å². The smallest absolute Gasteiger partial charge is 0.363 e. The van der Waals surface area contributed by atoms with Crippen LogP contribution >= 0.6 is 0 Å². The largest absolute Gasteiger partial charge is 0.490 e. The second kappa shape index (κ2) is 8.34. The third-order valence-electron chi connectivity index (χ3n) is 3.67. The standard InChI is InChI=1S/C21H21NO4/c1-3-12-25-18-11-10-15(14-19(18)24-4-2)13-17-21(23)26-20(22-17)16-8-6-5-7-9-16/h5-11,13-14H,3-4,12H2,1-2H3. The lowest BCUT2D eigenvalue weighted by Crippen LogP contribution is -2.05. The van der Waals surface area contributed by atoms with Crippen LogP contribution < -0.4 is 9.47 Å². The van der Waals surface area contributed by atoms with E-state index in [9.17, 15) is 4.79 Å². The fourth-order valence-corrected chi connectivity index (χ4v) is 2.49. The summed E-state index contributed by atoms with van der Waals surface area (Å²) in [7, 11) is 0. The second-order valence-electron chi connectivity index (χ2n) is 5.69. The number of cyclic esters (lactones) is 1. The van der Waals surface area contributed by atoms with Crippen molar-refractivity contribution < 1.29 is 19.0 Å². The van der Waals surface area contributed by atoms with Crippen LogP contribution in [0.25, 0.3) is 6.08 Å². The number of nitrogens with zero attached hydrogens (tertiary/aromatic N) is 1. The zero-order valence-corrected chi connectivity index (χ0v) is 14.9. The summed E-state index contributed by atoms with van der Waals surface area (Å²) in [4.78, 5) is 16.4. The molecule has 0 amide bonds. The molecular formula is C21H21NO4. The van der Waals surface area contributed by atoms with Crippen LogP contribution in [0.2, 0.25) is 0 Å². The predicted octanol–water partition coefficient (Wildman–Crippen LogP) is 4.22. The maximum absolute atomic E-state index is 12.1. The van der Waals surface area contributed by atoms with E-state index in [-0.39, 0.29) is 5.70 Å². The van der Waals surface area contributed by atoms with Crippen LogP contribution in [0.5, 0.6) is 11.5 Å². The van der Waals surface area contributed by atoms with Gasteiger partial charge in [0.1, 0.15) is 0 Å². The number of benzene rings is 2. The molecule has 5 nitrogen and oxygen atoms in total. The van der Waals surface area contributed by atoms with Gasteiger partial charge in [-0.05, 0) is 49.2 Å². The highest BCUT2D eigenvalue weighted by Crippen LogP contribution is 2.30. The zero-order chi connectivity index (χ0) is 18.4. The molecule has 5 heteroatoms. The maximum atomic E-state index is 12.1. The van der Waals surface area contributed by atoms with Crippen molar-refractivity contribution in [1.82, 2.24) is 0 Å². The predicted molar refractivity (Wildman–Crippen MR) is 100 cm³/mol. The van der Waals surface area contributed by atoms with Crippen molar-refractivity contribution >= 4 is 17.9 Å². The molecule has 0 bridgehead atoms. The molecule has 1 aliphatic heterocycles. The average Bonchev–Trinajstić information content (AvgIpc) is 3.03. The van der Waals surface area contributed by atoms with E-state index in [1.807, 2.05) is 62.4 Å². The Morgan fingerprint density at radius 3 is 2.58 bits per heavy atom. The molecule has 1 aliphatic rings. The summed E-state index contributed by atoms with van der Waals surface area (Å²) in [5.41, 5.74) is 1.82. The van der Waals surface area contributed by atoms with Crippen molar-refractivity contribution in [3.05, 3.63) is 65.4 Å². The number of rotatable bonds is 7. The summed E-state index contributed by atoms with van der Waals surface area (Å²) >= 11 is 0. The van der Waals surface area contributed by atoms with Gasteiger partial charge in [0.25, 0.3) is 0 Å². The zero-order valence-electron chi connectivity index (χ0n) is 14.9. The van der Waals surface area contributed by atoms with E-state index in [2.05, 4.69) is 4.99 Å². The normalized spacial score (nSPS) is 14.9. The van der Waals surface area contributed by atoms with Crippen LogP contribution in [-0.4, -0.2) is 25.1 Å². The number of esters is 1. The van der Waals surface area contributed by atoms with E-state index in [1.54, 1.807) is 6.08 Å². The molecule has 0 aromatic heterocycles. The van der Waals surface area contributed by atoms with Crippen molar-refractivity contribution in [1.29, 1.82) is 0 Å². The summed E-state index contributed by atoms with van der Waals surface area (Å²) in [6.45, 7) is 5.12. The molecule has 0 atom stereocenters. The van der Waals surface area contributed by atoms with E-state index in [0.717, 1.165) is 17.5 Å². The van der Waals surface area contributed by atoms with Gasteiger partial charge in [0.2, 0.25) is 5.90 Å². The van der Waals surface area contributed by atoms with Gasteiger partial charge in [-0.1, -0.05) is 31.2 Å². The van der Waals surface area contributed by atoms with Crippen molar-refractivity contribution in [3.8, 4) is 11.5 Å². The highest BCUT2D eigenvalue weighted by molar-refractivity contribution is 6.12. The molecule has 26 heavy (non-hydrogen) atoms. The first-order valence-electron chi connectivity index (χ1n) is 8.69. The first-order chi connectivity index (χ1) is 12.7. The second-order valence-corrected chi connectivity index (χ2v) is 5.69. The van der Waals surface area contributed by atoms with Gasteiger partial charge in [0.15, 0.2) is 17.2 Å². The molecule has 1 heterocycles. The van der Waals surface area contributed by atoms with Crippen LogP contribution in [-0.2, 0) is 9.53 Å². The van der Waals surface area contributed by atoms with Crippen LogP contribution in [0.4, 0.5) is 0 Å². The molecule has 0 fully saturated rings. The Hall–Kier alpha value is -3.08. The van der Waals surface area contributed by atoms with Gasteiger partial charge in [0.05, 0.1) is 13.2 Å². The number of carbonyl (C=O) groups excluding carboxylic acids is 1. The highest BCUT2D eigenvalue weighted by Gasteiger charge is 2.24. The van der Waals surface area contributed by atoms with Gasteiger partial charge < -0.3 is 14.2 Å². The number of hydrogen-bond donors (Lipinski definition) is 0. The van der Waals surface area contributed by atoms with Gasteiger partial charge in [-0.15, -0.1) is 0 Å². The van der Waals surface area contributed by atoms with Gasteiger partial charge >= 0.3 is 5.97 Å². The van der Waals surface area contributed by atoms with Gasteiger partial charge in [-0.25, -0.2) is 9.79 Å². The molecule has 0 saturated heterocycles. The minimum Gasteiger partial charge on any atom is -0.490 e. The third kappa shape index (κ3) is 4.11. The van der Waals surface area contributed by atoms with E-state index < -0.39 is 5.97 Å². The third-order valence-corrected chi connectivity index (χ3v) is 3.67. The Balaban J connectivity index is 1.87. The average molecular weight is 351 g/mol. The highest BCUT2D eigenvalue weighted by atomic mass is 16.6. The molecule has 0 radical (unpaired) electrons. The summed E-state index contributed by atoms with van der Waals surface area (Å²) < 4.78 is 16.6. The summed E-state index contributed by atoms with van der Waals surface area (Å²) in [5, 5.41) is 0. The first kappa shape index (κ1) is 17.7. The molecular weight excluding hydrogens is 330 g/mol. The van der Waals surface area contributed by atoms with Crippen LogP contribution in [0, 0.1) is 0 Å². The number of aliphatic imine (C=N–C) groups is 1. The fourth-order valence-electron chi connectivity index (χ4n) is 2.49. The topological polar surface area (TPSA) is 57.1 Å². The Bertz CT molecular complexity index is 840. The number of hydrogen-bond acceptors (Lipinski definition) is 5. The molecule has 134 valence electrons. The quantitative estimate of drug-likeness (QED) is 0.554. The molecule has 2 aromatic rings. The minimum atomic E-state index is -0.465. The van der Waals surface area contributed by atoms with Crippen LogP contribution in [0.1, 0.15) is 31.4 Å². The number of ether oxygens (including phenoxy) is 3. The molecule has 0 aliphatic carbocycles. The molecule has 3 rings (SSSR count). The van der Waals surface area contributed by atoms with E-state index >= 15 is 0 Å². The Morgan fingerprint density at radius 1 is 1.04 bits per heavy atom. The summed E-state index contributed by atoms with van der Waals surface area (Å²) in [5.74, 6) is 1.19. The SMILES string of the molecule is CCCOc1ccc(C=C2N=C(c3ccccc3)OC2=O)cc1OCC. The lowest BCUT2D eigenvalue weighted by Gasteiger charge is -2.12. The van der Waals surface area contributed by atoms with Gasteiger partial charge in [-0.3, -0.25) is 0 Å². The maximum Gasteiger partial charge on any atom is 0.363 e. The summed E-state index contributed by atoms with van der Waals surface area (Å²) in [6, 6.07) is 14.9. The Kier molecular flexibility index (Phi) is 5.69. The van der Waals surface area contributed by atoms with Crippen molar-refractivity contribution in [3.63, 3.8) is 0 Å². The minimum absolute atomic E-state index is 0.258. The van der Waals surface area contributed by atoms with Crippen LogP contribution in [0.3, 0.4) is 0 Å². The van der Waals surface area contributed by atoms with Gasteiger partial charge in [-0.2, -0.15) is 0 Å². The lowest BCUT2D eigenvalue weighted by molar-refractivity contribution is -0.129. The monoisotopic (exact) mass is 351 g/mol. The molecule has 0 spiro atoms. The Labute approximate surface area is 152 Å².